The third-order valence-electron chi connectivity index (χ3n) is 3.80. The number of nitrogens with zero attached hydrogens (tertiary/aromatic N) is 1. The summed E-state index contributed by atoms with van der Waals surface area (Å²) in [5, 5.41) is 0. The fourth-order valence-corrected chi connectivity index (χ4v) is 2.51. The second-order valence-corrected chi connectivity index (χ2v) is 5.22. The molecule has 0 saturated carbocycles. The standard InChI is InChI=1S/C14H18F4N2/c15-13-7-10(8-19)1-2-11(13)9-20-5-3-12(4-6-20)14(16,17)18/h1-2,7,12H,3-6,8-9,19H2. The average molecular weight is 290 g/mol. The highest BCUT2D eigenvalue weighted by Crippen LogP contribution is 2.34. The molecule has 0 unspecified atom stereocenters. The Morgan fingerprint density at radius 3 is 2.35 bits per heavy atom. The highest BCUT2D eigenvalue weighted by atomic mass is 19.4. The van der Waals surface area contributed by atoms with Gasteiger partial charge in [0.1, 0.15) is 5.82 Å². The molecule has 0 amide bonds. The number of hydrogen-bond acceptors (Lipinski definition) is 2. The molecule has 2 rings (SSSR count). The summed E-state index contributed by atoms with van der Waals surface area (Å²) in [4.78, 5) is 1.86. The molecule has 0 spiro atoms. The van der Waals surface area contributed by atoms with Gasteiger partial charge in [-0.2, -0.15) is 13.2 Å². The van der Waals surface area contributed by atoms with Crippen LogP contribution in [0.5, 0.6) is 0 Å². The third-order valence-corrected chi connectivity index (χ3v) is 3.80. The van der Waals surface area contributed by atoms with E-state index in [2.05, 4.69) is 0 Å². The van der Waals surface area contributed by atoms with Crippen molar-refractivity contribution in [3.63, 3.8) is 0 Å². The van der Waals surface area contributed by atoms with Crippen LogP contribution in [0.4, 0.5) is 17.6 Å². The summed E-state index contributed by atoms with van der Waals surface area (Å²) in [5.41, 5.74) is 6.64. The van der Waals surface area contributed by atoms with E-state index in [1.54, 1.807) is 12.1 Å². The summed E-state index contributed by atoms with van der Waals surface area (Å²) >= 11 is 0. The molecule has 0 bridgehead atoms. The number of hydrogen-bond donors (Lipinski definition) is 1. The zero-order chi connectivity index (χ0) is 14.8. The smallest absolute Gasteiger partial charge is 0.326 e. The van der Waals surface area contributed by atoms with E-state index in [-0.39, 0.29) is 25.2 Å². The van der Waals surface area contributed by atoms with E-state index < -0.39 is 12.1 Å². The van der Waals surface area contributed by atoms with Gasteiger partial charge in [0.15, 0.2) is 0 Å². The lowest BCUT2D eigenvalue weighted by Crippen LogP contribution is -2.38. The summed E-state index contributed by atoms with van der Waals surface area (Å²) in [7, 11) is 0. The van der Waals surface area contributed by atoms with Crippen molar-refractivity contribution in [1.82, 2.24) is 4.90 Å². The molecule has 1 aromatic rings. The van der Waals surface area contributed by atoms with E-state index in [0.717, 1.165) is 0 Å². The first-order chi connectivity index (χ1) is 9.40. The molecule has 1 aliphatic rings. The maximum Gasteiger partial charge on any atom is 0.391 e. The molecule has 0 aliphatic carbocycles. The van der Waals surface area contributed by atoms with Crippen LogP contribution in [0.2, 0.25) is 0 Å². The highest BCUT2D eigenvalue weighted by molar-refractivity contribution is 5.24. The van der Waals surface area contributed by atoms with E-state index in [1.807, 2.05) is 4.90 Å². The number of benzene rings is 1. The number of piperidine rings is 1. The number of halogens is 4. The van der Waals surface area contributed by atoms with Gasteiger partial charge in [0.25, 0.3) is 0 Å². The van der Waals surface area contributed by atoms with Gasteiger partial charge in [-0.25, -0.2) is 4.39 Å². The Hall–Kier alpha value is -1.14. The lowest BCUT2D eigenvalue weighted by atomic mass is 9.96. The van der Waals surface area contributed by atoms with E-state index in [9.17, 15) is 17.6 Å². The number of likely N-dealkylation sites (tertiary alicyclic amines) is 1. The van der Waals surface area contributed by atoms with Crippen LogP contribution in [-0.2, 0) is 13.1 Å². The van der Waals surface area contributed by atoms with E-state index >= 15 is 0 Å². The monoisotopic (exact) mass is 290 g/mol. The Bertz CT molecular complexity index is 451. The molecule has 0 atom stereocenters. The highest BCUT2D eigenvalue weighted by Gasteiger charge is 2.40. The molecule has 0 aromatic heterocycles. The summed E-state index contributed by atoms with van der Waals surface area (Å²) in [6.45, 7) is 1.32. The van der Waals surface area contributed by atoms with Crippen LogP contribution in [0.25, 0.3) is 0 Å². The van der Waals surface area contributed by atoms with Crippen LogP contribution in [0.3, 0.4) is 0 Å². The third kappa shape index (κ3) is 3.70. The van der Waals surface area contributed by atoms with Gasteiger partial charge < -0.3 is 5.73 Å². The fraction of sp³-hybridized carbons (Fsp3) is 0.571. The zero-order valence-corrected chi connectivity index (χ0v) is 11.1. The summed E-state index contributed by atoms with van der Waals surface area (Å²) in [6, 6.07) is 4.80. The first-order valence-corrected chi connectivity index (χ1v) is 6.66. The average Bonchev–Trinajstić information content (AvgIpc) is 2.40. The number of alkyl halides is 3. The minimum absolute atomic E-state index is 0.0893. The van der Waals surface area contributed by atoms with Gasteiger partial charge in [0.2, 0.25) is 0 Å². The Morgan fingerprint density at radius 1 is 1.20 bits per heavy atom. The molecule has 6 heteroatoms. The molecule has 20 heavy (non-hydrogen) atoms. The molecule has 2 N–H and O–H groups in total. The van der Waals surface area contributed by atoms with Gasteiger partial charge in [0.05, 0.1) is 5.92 Å². The number of rotatable bonds is 3. The fourth-order valence-electron chi connectivity index (χ4n) is 2.51. The number of nitrogens with two attached hydrogens (primary N) is 1. The maximum absolute atomic E-state index is 13.8. The lowest BCUT2D eigenvalue weighted by Gasteiger charge is -2.32. The van der Waals surface area contributed by atoms with E-state index in [4.69, 9.17) is 5.73 Å². The molecule has 1 aromatic carbocycles. The van der Waals surface area contributed by atoms with Crippen molar-refractivity contribution in [2.75, 3.05) is 13.1 Å². The van der Waals surface area contributed by atoms with Gasteiger partial charge >= 0.3 is 6.18 Å². The summed E-state index contributed by atoms with van der Waals surface area (Å²) in [5.74, 6) is -1.56. The predicted molar refractivity (Wildman–Crippen MR) is 68.3 cm³/mol. The van der Waals surface area contributed by atoms with E-state index in [1.165, 1.54) is 6.07 Å². The Balaban J connectivity index is 1.93. The van der Waals surface area contributed by atoms with Crippen LogP contribution in [0.1, 0.15) is 24.0 Å². The van der Waals surface area contributed by atoms with Crippen molar-refractivity contribution < 1.29 is 17.6 Å². The molecular formula is C14H18F4N2. The van der Waals surface area contributed by atoms with Crippen molar-refractivity contribution >= 4 is 0 Å². The molecule has 1 aliphatic heterocycles. The second kappa shape index (κ2) is 6.10. The normalized spacial score (nSPS) is 18.4. The largest absolute Gasteiger partial charge is 0.391 e. The van der Waals surface area contributed by atoms with Crippen LogP contribution >= 0.6 is 0 Å². The second-order valence-electron chi connectivity index (χ2n) is 5.22. The molecule has 0 radical (unpaired) electrons. The van der Waals surface area contributed by atoms with Crippen molar-refractivity contribution in [1.29, 1.82) is 0 Å². The molecule has 1 saturated heterocycles. The van der Waals surface area contributed by atoms with Crippen LogP contribution in [0, 0.1) is 11.7 Å². The predicted octanol–water partition coefficient (Wildman–Crippen LogP) is 3.06. The van der Waals surface area contributed by atoms with E-state index in [0.29, 0.717) is 30.8 Å². The summed E-state index contributed by atoms with van der Waals surface area (Å²) < 4.78 is 51.5. The SMILES string of the molecule is NCc1ccc(CN2CCC(C(F)(F)F)CC2)c(F)c1. The lowest BCUT2D eigenvalue weighted by molar-refractivity contribution is -0.185. The van der Waals surface area contributed by atoms with Crippen molar-refractivity contribution in [3.05, 3.63) is 35.1 Å². The van der Waals surface area contributed by atoms with Gasteiger partial charge in [-0.1, -0.05) is 12.1 Å². The van der Waals surface area contributed by atoms with Crippen molar-refractivity contribution in [2.45, 2.75) is 32.1 Å². The van der Waals surface area contributed by atoms with Crippen molar-refractivity contribution in [2.24, 2.45) is 11.7 Å². The quantitative estimate of drug-likeness (QED) is 0.867. The topological polar surface area (TPSA) is 29.3 Å². The van der Waals surface area contributed by atoms with Gasteiger partial charge in [-0.3, -0.25) is 4.90 Å². The minimum atomic E-state index is -4.11. The first kappa shape index (κ1) is 15.3. The summed E-state index contributed by atoms with van der Waals surface area (Å²) in [6.07, 6.45) is -3.93. The van der Waals surface area contributed by atoms with Crippen LogP contribution < -0.4 is 5.73 Å². The van der Waals surface area contributed by atoms with Gasteiger partial charge in [-0.05, 0) is 37.6 Å². The van der Waals surface area contributed by atoms with Crippen molar-refractivity contribution in [3.8, 4) is 0 Å². The Morgan fingerprint density at radius 2 is 1.85 bits per heavy atom. The molecular weight excluding hydrogens is 272 g/mol. The minimum Gasteiger partial charge on any atom is -0.326 e. The molecule has 112 valence electrons. The zero-order valence-electron chi connectivity index (χ0n) is 11.1. The maximum atomic E-state index is 13.8. The molecule has 1 heterocycles. The van der Waals surface area contributed by atoms with Gasteiger partial charge in [0, 0.05) is 18.7 Å². The van der Waals surface area contributed by atoms with Crippen LogP contribution in [-0.4, -0.2) is 24.2 Å². The first-order valence-electron chi connectivity index (χ1n) is 6.66. The Kier molecular flexibility index (Phi) is 4.65. The van der Waals surface area contributed by atoms with Crippen LogP contribution in [0.15, 0.2) is 18.2 Å². The molecule has 1 fully saturated rings. The van der Waals surface area contributed by atoms with Gasteiger partial charge in [-0.15, -0.1) is 0 Å². The Labute approximate surface area is 115 Å². The molecule has 2 nitrogen and oxygen atoms in total.